The second-order valence-corrected chi connectivity index (χ2v) is 5.01. The van der Waals surface area contributed by atoms with E-state index in [1.807, 2.05) is 0 Å². The number of alkyl halides is 3. The highest BCUT2D eigenvalue weighted by Gasteiger charge is 2.35. The molecule has 1 amide bonds. The Balaban J connectivity index is 2.31. The molecule has 0 bridgehead atoms. The van der Waals surface area contributed by atoms with Gasteiger partial charge in [-0.15, -0.1) is 0 Å². The summed E-state index contributed by atoms with van der Waals surface area (Å²) in [4.78, 5) is 13.8. The molecule has 0 spiro atoms. The van der Waals surface area contributed by atoms with E-state index in [4.69, 9.17) is 0 Å². The molecule has 0 aliphatic heterocycles. The summed E-state index contributed by atoms with van der Waals surface area (Å²) < 4.78 is 39.6. The minimum absolute atomic E-state index is 0.190. The van der Waals surface area contributed by atoms with Crippen LogP contribution in [-0.2, 0) is 6.18 Å². The zero-order valence-electron chi connectivity index (χ0n) is 12.8. The average Bonchev–Trinajstić information content (AvgIpc) is 3.02. The van der Waals surface area contributed by atoms with Crippen LogP contribution in [0.2, 0.25) is 0 Å². The zero-order valence-corrected chi connectivity index (χ0v) is 12.8. The second-order valence-electron chi connectivity index (χ2n) is 5.01. The lowest BCUT2D eigenvalue weighted by molar-refractivity contribution is -0.142. The van der Waals surface area contributed by atoms with Crippen molar-refractivity contribution < 1.29 is 18.0 Å². The fourth-order valence-electron chi connectivity index (χ4n) is 2.10. The first-order valence-corrected chi connectivity index (χ1v) is 6.96. The summed E-state index contributed by atoms with van der Waals surface area (Å²) in [6.45, 7) is 1.12. The van der Waals surface area contributed by atoms with Gasteiger partial charge in [-0.25, -0.2) is 4.68 Å². The highest BCUT2D eigenvalue weighted by Crippen LogP contribution is 2.30. The molecule has 1 aromatic heterocycles. The first kappa shape index (κ1) is 17.0. The summed E-state index contributed by atoms with van der Waals surface area (Å²) >= 11 is 0. The van der Waals surface area contributed by atoms with Crippen LogP contribution in [0.1, 0.15) is 16.1 Å². The van der Waals surface area contributed by atoms with Crippen molar-refractivity contribution in [1.29, 1.82) is 0 Å². The summed E-state index contributed by atoms with van der Waals surface area (Å²) in [5.41, 5.74) is -0.384. The molecular weight excluding hydrogens is 309 g/mol. The SMILES string of the molecule is CNCCN(C)C(=O)c1cccc(-n2nccc2C(F)(F)F)c1. The van der Waals surface area contributed by atoms with E-state index < -0.39 is 11.9 Å². The molecule has 0 atom stereocenters. The Morgan fingerprint density at radius 2 is 2.09 bits per heavy atom. The van der Waals surface area contributed by atoms with Crippen molar-refractivity contribution in [1.82, 2.24) is 20.0 Å². The van der Waals surface area contributed by atoms with Gasteiger partial charge in [-0.05, 0) is 31.3 Å². The van der Waals surface area contributed by atoms with Crippen LogP contribution in [0.5, 0.6) is 0 Å². The van der Waals surface area contributed by atoms with Crippen LogP contribution in [-0.4, -0.2) is 47.8 Å². The molecule has 1 aromatic carbocycles. The Labute approximate surface area is 131 Å². The van der Waals surface area contributed by atoms with Gasteiger partial charge in [-0.3, -0.25) is 4.79 Å². The van der Waals surface area contributed by atoms with Gasteiger partial charge in [-0.1, -0.05) is 6.07 Å². The Morgan fingerprint density at radius 3 is 2.74 bits per heavy atom. The molecule has 5 nitrogen and oxygen atoms in total. The van der Waals surface area contributed by atoms with Gasteiger partial charge in [0.15, 0.2) is 0 Å². The van der Waals surface area contributed by atoms with E-state index in [1.165, 1.54) is 23.1 Å². The van der Waals surface area contributed by atoms with Gasteiger partial charge in [0.05, 0.1) is 11.9 Å². The smallest absolute Gasteiger partial charge is 0.340 e. The highest BCUT2D eigenvalue weighted by atomic mass is 19.4. The number of aromatic nitrogens is 2. The lowest BCUT2D eigenvalue weighted by atomic mass is 10.1. The molecule has 0 aliphatic rings. The molecule has 1 N–H and O–H groups in total. The Morgan fingerprint density at radius 1 is 1.35 bits per heavy atom. The number of hydrogen-bond acceptors (Lipinski definition) is 3. The topological polar surface area (TPSA) is 50.2 Å². The van der Waals surface area contributed by atoms with Crippen molar-refractivity contribution in [3.8, 4) is 5.69 Å². The van der Waals surface area contributed by atoms with E-state index >= 15 is 0 Å². The third-order valence-corrected chi connectivity index (χ3v) is 3.31. The molecule has 0 fully saturated rings. The molecule has 124 valence electrons. The minimum Gasteiger partial charge on any atom is -0.340 e. The average molecular weight is 326 g/mol. The Bertz CT molecular complexity index is 681. The lowest BCUT2D eigenvalue weighted by Crippen LogP contribution is -2.32. The fraction of sp³-hybridized carbons (Fsp3) is 0.333. The molecule has 2 aromatic rings. The van der Waals surface area contributed by atoms with E-state index in [0.717, 1.165) is 16.9 Å². The van der Waals surface area contributed by atoms with Crippen LogP contribution in [0.15, 0.2) is 36.5 Å². The number of carbonyl (C=O) groups is 1. The van der Waals surface area contributed by atoms with Crippen molar-refractivity contribution in [3.05, 3.63) is 47.8 Å². The van der Waals surface area contributed by atoms with Crippen LogP contribution in [0.3, 0.4) is 0 Å². The summed E-state index contributed by atoms with van der Waals surface area (Å²) in [7, 11) is 3.41. The Kier molecular flexibility index (Phi) is 5.05. The maximum absolute atomic E-state index is 13.0. The summed E-state index contributed by atoms with van der Waals surface area (Å²) in [5.74, 6) is -0.261. The number of hydrogen-bond donors (Lipinski definition) is 1. The first-order valence-electron chi connectivity index (χ1n) is 6.96. The number of carbonyl (C=O) groups excluding carboxylic acids is 1. The molecule has 1 heterocycles. The minimum atomic E-state index is -4.51. The summed E-state index contributed by atoms with van der Waals surface area (Å²) in [5, 5.41) is 6.64. The van der Waals surface area contributed by atoms with Crippen LogP contribution in [0, 0.1) is 0 Å². The van der Waals surface area contributed by atoms with E-state index in [1.54, 1.807) is 20.2 Å². The van der Waals surface area contributed by atoms with Crippen LogP contribution in [0.25, 0.3) is 5.69 Å². The van der Waals surface area contributed by atoms with Crippen molar-refractivity contribution in [2.75, 3.05) is 27.2 Å². The van der Waals surface area contributed by atoms with Crippen LogP contribution >= 0.6 is 0 Å². The molecule has 0 radical (unpaired) electrons. The van der Waals surface area contributed by atoms with E-state index in [0.29, 0.717) is 18.7 Å². The second kappa shape index (κ2) is 6.82. The van der Waals surface area contributed by atoms with Gasteiger partial charge in [-0.2, -0.15) is 18.3 Å². The van der Waals surface area contributed by atoms with Crippen molar-refractivity contribution in [2.24, 2.45) is 0 Å². The van der Waals surface area contributed by atoms with Crippen LogP contribution < -0.4 is 5.32 Å². The Hall–Kier alpha value is -2.35. The normalized spacial score (nSPS) is 11.5. The highest BCUT2D eigenvalue weighted by molar-refractivity contribution is 5.94. The van der Waals surface area contributed by atoms with Gasteiger partial charge in [0, 0.05) is 25.7 Å². The fourth-order valence-corrected chi connectivity index (χ4v) is 2.10. The molecule has 0 saturated heterocycles. The number of benzene rings is 1. The summed E-state index contributed by atoms with van der Waals surface area (Å²) in [6.07, 6.45) is -3.43. The monoisotopic (exact) mass is 326 g/mol. The largest absolute Gasteiger partial charge is 0.433 e. The maximum atomic E-state index is 13.0. The van der Waals surface area contributed by atoms with Crippen molar-refractivity contribution >= 4 is 5.91 Å². The third-order valence-electron chi connectivity index (χ3n) is 3.31. The molecule has 8 heteroatoms. The van der Waals surface area contributed by atoms with Crippen molar-refractivity contribution in [2.45, 2.75) is 6.18 Å². The van der Waals surface area contributed by atoms with Gasteiger partial charge in [0.25, 0.3) is 5.91 Å². The van der Waals surface area contributed by atoms with Gasteiger partial charge in [0.2, 0.25) is 0 Å². The number of halogens is 3. The molecule has 0 unspecified atom stereocenters. The van der Waals surface area contributed by atoms with E-state index in [9.17, 15) is 18.0 Å². The molecule has 2 rings (SSSR count). The maximum Gasteiger partial charge on any atom is 0.433 e. The van der Waals surface area contributed by atoms with E-state index in [-0.39, 0.29) is 11.6 Å². The number of likely N-dealkylation sites (N-methyl/N-ethyl adjacent to an activating group) is 2. The van der Waals surface area contributed by atoms with Gasteiger partial charge >= 0.3 is 6.18 Å². The number of amides is 1. The standard InChI is InChI=1S/C15H17F3N4O/c1-19-8-9-21(2)14(23)11-4-3-5-12(10-11)22-13(6-7-20-22)15(16,17)18/h3-7,10,19H,8-9H2,1-2H3. The van der Waals surface area contributed by atoms with E-state index in [2.05, 4.69) is 10.4 Å². The van der Waals surface area contributed by atoms with Gasteiger partial charge in [0.1, 0.15) is 5.69 Å². The predicted octanol–water partition coefficient (Wildman–Crippen LogP) is 2.18. The first-order chi connectivity index (χ1) is 10.8. The predicted molar refractivity (Wildman–Crippen MR) is 79.5 cm³/mol. The summed E-state index contributed by atoms with van der Waals surface area (Å²) in [6, 6.07) is 6.88. The molecular formula is C15H17F3N4O. The quantitative estimate of drug-likeness (QED) is 0.916. The molecule has 0 aliphatic carbocycles. The number of nitrogens with zero attached hydrogens (tertiary/aromatic N) is 3. The zero-order chi connectivity index (χ0) is 17.0. The molecule has 0 saturated carbocycles. The third kappa shape index (κ3) is 3.89. The van der Waals surface area contributed by atoms with Crippen molar-refractivity contribution in [3.63, 3.8) is 0 Å². The number of nitrogens with one attached hydrogen (secondary N) is 1. The van der Waals surface area contributed by atoms with Crippen LogP contribution in [0.4, 0.5) is 13.2 Å². The lowest BCUT2D eigenvalue weighted by Gasteiger charge is -2.17. The van der Waals surface area contributed by atoms with Gasteiger partial charge < -0.3 is 10.2 Å². The molecule has 23 heavy (non-hydrogen) atoms. The number of rotatable bonds is 5.